The Kier molecular flexibility index (Phi) is 6.00. The number of anilines is 1. The van der Waals surface area contributed by atoms with Crippen molar-refractivity contribution in [3.05, 3.63) is 64.3 Å². The van der Waals surface area contributed by atoms with Crippen LogP contribution in [-0.2, 0) is 16.1 Å². The van der Waals surface area contributed by atoms with Gasteiger partial charge in [-0.2, -0.15) is 5.10 Å². The highest BCUT2D eigenvalue weighted by atomic mass is 19.1. The smallest absolute Gasteiger partial charge is 0.275 e. The van der Waals surface area contributed by atoms with Crippen molar-refractivity contribution in [1.29, 1.82) is 0 Å². The number of aryl methyl sites for hydroxylation is 1. The fourth-order valence-electron chi connectivity index (χ4n) is 2.78. The molecule has 146 valence electrons. The van der Waals surface area contributed by atoms with Gasteiger partial charge in [0.15, 0.2) is 11.6 Å². The minimum Gasteiger partial charge on any atom is -0.488 e. The molecule has 1 amide bonds. The molecule has 0 atom stereocenters. The van der Waals surface area contributed by atoms with Crippen LogP contribution in [0.15, 0.2) is 47.3 Å². The molecule has 0 fully saturated rings. The second-order valence-corrected chi connectivity index (χ2v) is 6.13. The molecule has 1 heterocycles. The van der Waals surface area contributed by atoms with Crippen LogP contribution in [0.4, 0.5) is 10.1 Å². The molecule has 0 unspecified atom stereocenters. The molecule has 0 saturated carbocycles. The zero-order valence-corrected chi connectivity index (χ0v) is 15.6. The summed E-state index contributed by atoms with van der Waals surface area (Å²) in [5, 5.41) is 7.99. The van der Waals surface area contributed by atoms with Gasteiger partial charge in [-0.05, 0) is 25.1 Å². The van der Waals surface area contributed by atoms with Crippen molar-refractivity contribution in [3.63, 3.8) is 0 Å². The average molecular weight is 385 g/mol. The van der Waals surface area contributed by atoms with Crippen LogP contribution in [0.1, 0.15) is 5.69 Å². The number of hydrogen-bond donors (Lipinski definition) is 1. The maximum atomic E-state index is 14.1. The van der Waals surface area contributed by atoms with Crippen LogP contribution in [0.2, 0.25) is 0 Å². The molecule has 28 heavy (non-hydrogen) atoms. The number of hydrogen-bond acceptors (Lipinski definition) is 5. The van der Waals surface area contributed by atoms with E-state index in [0.29, 0.717) is 17.7 Å². The molecule has 1 N–H and O–H groups in total. The quantitative estimate of drug-likeness (QED) is 0.632. The Morgan fingerprint density at radius 2 is 1.93 bits per heavy atom. The first-order valence-corrected chi connectivity index (χ1v) is 8.67. The van der Waals surface area contributed by atoms with Crippen LogP contribution < -0.4 is 15.6 Å². The highest BCUT2D eigenvalue weighted by Gasteiger charge is 2.12. The van der Waals surface area contributed by atoms with Crippen LogP contribution >= 0.6 is 0 Å². The maximum absolute atomic E-state index is 14.1. The van der Waals surface area contributed by atoms with E-state index in [1.807, 2.05) is 12.1 Å². The summed E-state index contributed by atoms with van der Waals surface area (Å²) in [6, 6.07) is 11.2. The van der Waals surface area contributed by atoms with Crippen molar-refractivity contribution >= 4 is 22.4 Å². The summed E-state index contributed by atoms with van der Waals surface area (Å²) >= 11 is 0. The number of rotatable bonds is 7. The van der Waals surface area contributed by atoms with Crippen LogP contribution in [0.25, 0.3) is 10.8 Å². The molecule has 0 saturated heterocycles. The predicted octanol–water partition coefficient (Wildman–Crippen LogP) is 2.51. The SMILES string of the molecule is COCCOc1ccc(NC(=O)Cn2nc(C)c3ccccc3c2=O)cc1F. The lowest BCUT2D eigenvalue weighted by atomic mass is 10.1. The molecule has 0 radical (unpaired) electrons. The normalized spacial score (nSPS) is 10.8. The third-order valence-corrected chi connectivity index (χ3v) is 4.11. The first kappa shape index (κ1) is 19.5. The van der Waals surface area contributed by atoms with Crippen molar-refractivity contribution in [2.45, 2.75) is 13.5 Å². The molecule has 3 rings (SSSR count). The molecule has 0 bridgehead atoms. The number of nitrogens with one attached hydrogen (secondary N) is 1. The molecule has 0 aliphatic heterocycles. The molecule has 0 aliphatic rings. The Labute approximate surface area is 160 Å². The van der Waals surface area contributed by atoms with Crippen LogP contribution in [0.3, 0.4) is 0 Å². The number of nitrogens with zero attached hydrogens (tertiary/aromatic N) is 2. The van der Waals surface area contributed by atoms with E-state index in [4.69, 9.17) is 9.47 Å². The number of halogens is 1. The van der Waals surface area contributed by atoms with Crippen molar-refractivity contribution in [2.24, 2.45) is 0 Å². The van der Waals surface area contributed by atoms with E-state index in [-0.39, 0.29) is 30.1 Å². The lowest BCUT2D eigenvalue weighted by Crippen LogP contribution is -2.30. The van der Waals surface area contributed by atoms with E-state index in [1.165, 1.54) is 19.2 Å². The zero-order chi connectivity index (χ0) is 20.1. The van der Waals surface area contributed by atoms with E-state index >= 15 is 0 Å². The summed E-state index contributed by atoms with van der Waals surface area (Å²) in [4.78, 5) is 24.8. The van der Waals surface area contributed by atoms with Gasteiger partial charge >= 0.3 is 0 Å². The fraction of sp³-hybridized carbons (Fsp3) is 0.250. The molecular weight excluding hydrogens is 365 g/mol. The number of benzene rings is 2. The Hall–Kier alpha value is -3.26. The summed E-state index contributed by atoms with van der Waals surface area (Å²) in [5.74, 6) is -1.03. The number of ether oxygens (including phenoxy) is 2. The Bertz CT molecular complexity index is 1060. The average Bonchev–Trinajstić information content (AvgIpc) is 2.68. The van der Waals surface area contributed by atoms with E-state index < -0.39 is 11.7 Å². The van der Waals surface area contributed by atoms with Crippen molar-refractivity contribution in [3.8, 4) is 5.75 Å². The number of fused-ring (bicyclic) bond motifs is 1. The largest absolute Gasteiger partial charge is 0.488 e. The van der Waals surface area contributed by atoms with Gasteiger partial charge in [0.25, 0.3) is 5.56 Å². The van der Waals surface area contributed by atoms with Gasteiger partial charge in [-0.3, -0.25) is 9.59 Å². The number of carbonyl (C=O) groups is 1. The third-order valence-electron chi connectivity index (χ3n) is 4.11. The minimum atomic E-state index is -0.606. The van der Waals surface area contributed by atoms with Gasteiger partial charge in [-0.25, -0.2) is 9.07 Å². The monoisotopic (exact) mass is 385 g/mol. The number of methoxy groups -OCH3 is 1. The predicted molar refractivity (Wildman–Crippen MR) is 103 cm³/mol. The van der Waals surface area contributed by atoms with E-state index in [1.54, 1.807) is 19.1 Å². The number of aromatic nitrogens is 2. The van der Waals surface area contributed by atoms with Gasteiger partial charge in [-0.15, -0.1) is 0 Å². The molecule has 7 nitrogen and oxygen atoms in total. The van der Waals surface area contributed by atoms with Crippen molar-refractivity contribution in [1.82, 2.24) is 9.78 Å². The number of carbonyl (C=O) groups excluding carboxylic acids is 1. The van der Waals surface area contributed by atoms with Gasteiger partial charge < -0.3 is 14.8 Å². The summed E-state index contributed by atoms with van der Waals surface area (Å²) < 4.78 is 25.2. The third kappa shape index (κ3) is 4.34. The maximum Gasteiger partial charge on any atom is 0.275 e. The van der Waals surface area contributed by atoms with Gasteiger partial charge in [0.2, 0.25) is 5.91 Å². The first-order valence-electron chi connectivity index (χ1n) is 8.67. The summed E-state index contributed by atoms with van der Waals surface area (Å²) in [5.41, 5.74) is 0.545. The van der Waals surface area contributed by atoms with Crippen LogP contribution in [-0.4, -0.2) is 36.0 Å². The summed E-state index contributed by atoms with van der Waals surface area (Å²) in [7, 11) is 1.52. The van der Waals surface area contributed by atoms with Gasteiger partial charge in [0.1, 0.15) is 13.2 Å². The molecule has 8 heteroatoms. The van der Waals surface area contributed by atoms with E-state index in [0.717, 1.165) is 16.1 Å². The highest BCUT2D eigenvalue weighted by molar-refractivity contribution is 5.91. The fourth-order valence-corrected chi connectivity index (χ4v) is 2.78. The second-order valence-electron chi connectivity index (χ2n) is 6.13. The lowest BCUT2D eigenvalue weighted by molar-refractivity contribution is -0.117. The minimum absolute atomic E-state index is 0.0677. The van der Waals surface area contributed by atoms with Crippen molar-refractivity contribution < 1.29 is 18.7 Å². The standard InChI is InChI=1S/C20H20FN3O4/c1-13-15-5-3-4-6-16(15)20(26)24(23-13)12-19(25)22-14-7-8-18(17(21)11-14)28-10-9-27-2/h3-8,11H,9-10,12H2,1-2H3,(H,22,25). The molecule has 1 aromatic heterocycles. The zero-order valence-electron chi connectivity index (χ0n) is 15.6. The lowest BCUT2D eigenvalue weighted by Gasteiger charge is -2.11. The van der Waals surface area contributed by atoms with E-state index in [2.05, 4.69) is 10.4 Å². The second kappa shape index (κ2) is 8.62. The molecule has 0 aliphatic carbocycles. The van der Waals surface area contributed by atoms with Crippen LogP contribution in [0, 0.1) is 12.7 Å². The Morgan fingerprint density at radius 1 is 1.18 bits per heavy atom. The Morgan fingerprint density at radius 3 is 2.64 bits per heavy atom. The van der Waals surface area contributed by atoms with Crippen LogP contribution in [0.5, 0.6) is 5.75 Å². The van der Waals surface area contributed by atoms with Crippen molar-refractivity contribution in [2.75, 3.05) is 25.6 Å². The van der Waals surface area contributed by atoms with Gasteiger partial charge in [-0.1, -0.05) is 18.2 Å². The Balaban J connectivity index is 1.72. The molecule has 2 aromatic carbocycles. The molecule has 0 spiro atoms. The first-order chi connectivity index (χ1) is 13.5. The highest BCUT2D eigenvalue weighted by Crippen LogP contribution is 2.21. The topological polar surface area (TPSA) is 82.4 Å². The van der Waals surface area contributed by atoms with E-state index in [9.17, 15) is 14.0 Å². The van der Waals surface area contributed by atoms with Gasteiger partial charge in [0.05, 0.1) is 17.7 Å². The number of amides is 1. The molecule has 3 aromatic rings. The summed E-state index contributed by atoms with van der Waals surface area (Å²) in [6.45, 7) is 2.05. The van der Waals surface area contributed by atoms with Gasteiger partial charge in [0, 0.05) is 24.2 Å². The summed E-state index contributed by atoms with van der Waals surface area (Å²) in [6.07, 6.45) is 0. The molecular formula is C20H20FN3O4.